The van der Waals surface area contributed by atoms with Crippen LogP contribution in [0.25, 0.3) is 0 Å². The molecule has 0 saturated carbocycles. The summed E-state index contributed by atoms with van der Waals surface area (Å²) in [5.41, 5.74) is 0. The average molecular weight is 793 g/mol. The molecule has 0 amide bonds. The van der Waals surface area contributed by atoms with Gasteiger partial charge in [0.25, 0.3) is 0 Å². The fourth-order valence-corrected chi connectivity index (χ4v) is 6.90. The monoisotopic (exact) mass is 793 g/mol. The maximum Gasteiger partial charge on any atom is 0.362 e. The van der Waals surface area contributed by atoms with Gasteiger partial charge < -0.3 is 23.8 Å². The fourth-order valence-electron chi connectivity index (χ4n) is 6.90. The quantitative estimate of drug-likeness (QED) is 0.0284. The number of carboxylic acids is 1. The smallest absolute Gasteiger partial charge is 0.362 e. The van der Waals surface area contributed by atoms with Crippen LogP contribution in [-0.4, -0.2) is 80.6 Å². The second kappa shape index (κ2) is 39.6. The van der Waals surface area contributed by atoms with E-state index in [2.05, 4.69) is 38.2 Å². The van der Waals surface area contributed by atoms with Crippen LogP contribution in [0.1, 0.15) is 213 Å². The highest BCUT2D eigenvalue weighted by Gasteiger charge is 2.31. The van der Waals surface area contributed by atoms with Crippen LogP contribution in [0.5, 0.6) is 0 Å². The molecule has 0 aromatic heterocycles. The second-order valence-electron chi connectivity index (χ2n) is 17.0. The van der Waals surface area contributed by atoms with E-state index in [9.17, 15) is 19.5 Å². The van der Waals surface area contributed by atoms with E-state index in [1.165, 1.54) is 141 Å². The van der Waals surface area contributed by atoms with Crippen molar-refractivity contribution in [3.63, 3.8) is 0 Å². The number of allylic oxidation sites excluding steroid dienone is 4. The highest BCUT2D eigenvalue weighted by atomic mass is 16.6. The zero-order chi connectivity index (χ0) is 41.4. The molecular formula is C48H90NO7+. The van der Waals surface area contributed by atoms with Crippen molar-refractivity contribution in [2.24, 2.45) is 0 Å². The number of hydrogen-bond donors (Lipinski definition) is 1. The molecule has 8 heteroatoms. The predicted octanol–water partition coefficient (Wildman–Crippen LogP) is 12.9. The zero-order valence-corrected chi connectivity index (χ0v) is 37.3. The Morgan fingerprint density at radius 2 is 0.893 bits per heavy atom. The van der Waals surface area contributed by atoms with Crippen LogP contribution in [0.15, 0.2) is 24.3 Å². The lowest BCUT2D eigenvalue weighted by Crippen LogP contribution is -2.50. The Kier molecular flexibility index (Phi) is 38.1. The van der Waals surface area contributed by atoms with Gasteiger partial charge in [-0.25, -0.2) is 4.79 Å². The van der Waals surface area contributed by atoms with Crippen LogP contribution in [0, 0.1) is 0 Å². The van der Waals surface area contributed by atoms with Gasteiger partial charge in [-0.3, -0.25) is 9.59 Å². The molecule has 8 nitrogen and oxygen atoms in total. The third-order valence-corrected chi connectivity index (χ3v) is 10.6. The molecule has 0 rings (SSSR count). The molecule has 0 aliphatic heterocycles. The molecule has 328 valence electrons. The van der Waals surface area contributed by atoms with Crippen molar-refractivity contribution < 1.29 is 38.2 Å². The number of hydrogen-bond acceptors (Lipinski definition) is 6. The third kappa shape index (κ3) is 37.4. The normalized spacial score (nSPS) is 13.1. The standard InChI is InChI=1S/C48H89NO7/c1-6-8-10-12-14-16-18-20-22-23-25-26-28-30-32-34-36-38-46(50)55-43-44(42-54-41-40-45(48(52)53)49(3,4)5)56-47(51)39-37-35-33-31-29-27-24-21-19-17-15-13-11-9-7-2/h17,19-20,22,44-45H,6-16,18,21,23-43H2,1-5H3/p+1/b19-17+,22-20+. The second-order valence-corrected chi connectivity index (χ2v) is 17.0. The summed E-state index contributed by atoms with van der Waals surface area (Å²) in [6.07, 6.45) is 43.5. The molecule has 0 aliphatic rings. The van der Waals surface area contributed by atoms with Crippen LogP contribution in [0.4, 0.5) is 0 Å². The molecule has 56 heavy (non-hydrogen) atoms. The van der Waals surface area contributed by atoms with Crippen LogP contribution in [-0.2, 0) is 28.6 Å². The number of rotatable bonds is 42. The maximum atomic E-state index is 12.7. The Bertz CT molecular complexity index is 973. The number of carbonyl (C=O) groups excluding carboxylic acids is 2. The molecule has 0 spiro atoms. The van der Waals surface area contributed by atoms with Gasteiger partial charge in [0.05, 0.1) is 34.4 Å². The van der Waals surface area contributed by atoms with Gasteiger partial charge in [0.1, 0.15) is 6.61 Å². The lowest BCUT2D eigenvalue weighted by Gasteiger charge is -2.31. The number of carboxylic acid groups (broad SMARTS) is 1. The van der Waals surface area contributed by atoms with E-state index < -0.39 is 18.1 Å². The van der Waals surface area contributed by atoms with Gasteiger partial charge in [-0.2, -0.15) is 0 Å². The molecule has 0 saturated heterocycles. The van der Waals surface area contributed by atoms with E-state index in [1.807, 2.05) is 21.1 Å². The van der Waals surface area contributed by atoms with Crippen LogP contribution in [0.2, 0.25) is 0 Å². The van der Waals surface area contributed by atoms with Crippen molar-refractivity contribution in [3.8, 4) is 0 Å². The van der Waals surface area contributed by atoms with Crippen LogP contribution < -0.4 is 0 Å². The third-order valence-electron chi connectivity index (χ3n) is 10.6. The summed E-state index contributed by atoms with van der Waals surface area (Å²) >= 11 is 0. The van der Waals surface area contributed by atoms with Crippen molar-refractivity contribution in [2.45, 2.75) is 225 Å². The topological polar surface area (TPSA) is 99.1 Å². The van der Waals surface area contributed by atoms with Crippen LogP contribution in [0.3, 0.4) is 0 Å². The molecule has 0 fully saturated rings. The highest BCUT2D eigenvalue weighted by Crippen LogP contribution is 2.15. The Hall–Kier alpha value is -2.19. The van der Waals surface area contributed by atoms with E-state index in [0.717, 1.165) is 38.5 Å². The lowest BCUT2D eigenvalue weighted by atomic mass is 10.1. The summed E-state index contributed by atoms with van der Waals surface area (Å²) in [6.45, 7) is 4.73. The minimum Gasteiger partial charge on any atom is -0.477 e. The number of likely N-dealkylation sites (N-methyl/N-ethyl adjacent to an activating group) is 1. The molecular weight excluding hydrogens is 703 g/mol. The van der Waals surface area contributed by atoms with E-state index in [1.54, 1.807) is 0 Å². The van der Waals surface area contributed by atoms with Crippen molar-refractivity contribution in [1.29, 1.82) is 0 Å². The number of ether oxygens (including phenoxy) is 3. The van der Waals surface area contributed by atoms with Gasteiger partial charge in [-0.05, 0) is 64.2 Å². The number of carbonyl (C=O) groups is 3. The average Bonchev–Trinajstić information content (AvgIpc) is 3.15. The molecule has 0 bridgehead atoms. The van der Waals surface area contributed by atoms with Crippen molar-refractivity contribution in [1.82, 2.24) is 0 Å². The maximum absolute atomic E-state index is 12.7. The molecule has 1 N–H and O–H groups in total. The first-order chi connectivity index (χ1) is 27.1. The summed E-state index contributed by atoms with van der Waals surface area (Å²) in [6, 6.07) is -0.613. The fraction of sp³-hybridized carbons (Fsp3) is 0.854. The van der Waals surface area contributed by atoms with Gasteiger partial charge >= 0.3 is 17.9 Å². The first-order valence-corrected chi connectivity index (χ1v) is 23.4. The van der Waals surface area contributed by atoms with E-state index in [-0.39, 0.29) is 36.2 Å². The molecule has 0 heterocycles. The summed E-state index contributed by atoms with van der Waals surface area (Å²) in [7, 11) is 5.53. The van der Waals surface area contributed by atoms with E-state index in [4.69, 9.17) is 14.2 Å². The number of esters is 2. The molecule has 2 unspecified atom stereocenters. The lowest BCUT2D eigenvalue weighted by molar-refractivity contribution is -0.887. The van der Waals surface area contributed by atoms with Gasteiger partial charge in [0, 0.05) is 19.3 Å². The summed E-state index contributed by atoms with van der Waals surface area (Å²) in [5, 5.41) is 9.63. The minimum atomic E-state index is -0.875. The first-order valence-electron chi connectivity index (χ1n) is 23.4. The molecule has 0 radical (unpaired) electrons. The minimum absolute atomic E-state index is 0.0519. The summed E-state index contributed by atoms with van der Waals surface area (Å²) in [5.74, 6) is -1.47. The number of nitrogens with zero attached hydrogens (tertiary/aromatic N) is 1. The van der Waals surface area contributed by atoms with Crippen LogP contribution >= 0.6 is 0 Å². The number of quaternary nitrogens is 1. The van der Waals surface area contributed by atoms with Crippen molar-refractivity contribution in [2.75, 3.05) is 41.0 Å². The van der Waals surface area contributed by atoms with Gasteiger partial charge in [0.15, 0.2) is 12.1 Å². The highest BCUT2D eigenvalue weighted by molar-refractivity contribution is 5.72. The Morgan fingerprint density at radius 3 is 1.30 bits per heavy atom. The van der Waals surface area contributed by atoms with Gasteiger partial charge in [0.2, 0.25) is 0 Å². The molecule has 0 aliphatic carbocycles. The predicted molar refractivity (Wildman–Crippen MR) is 234 cm³/mol. The summed E-state index contributed by atoms with van der Waals surface area (Å²) in [4.78, 5) is 37.0. The zero-order valence-electron chi connectivity index (χ0n) is 37.3. The van der Waals surface area contributed by atoms with Gasteiger partial charge in [-0.15, -0.1) is 0 Å². The van der Waals surface area contributed by atoms with Crippen molar-refractivity contribution in [3.05, 3.63) is 24.3 Å². The van der Waals surface area contributed by atoms with Crippen molar-refractivity contribution >= 4 is 17.9 Å². The molecule has 2 atom stereocenters. The Morgan fingerprint density at radius 1 is 0.518 bits per heavy atom. The SMILES string of the molecule is CCCCCC/C=C/CCCCCCCCCC(=O)OC(COCCC(C(=O)O)[N+](C)(C)C)COC(=O)CCCCCCCCC/C=C/CCCCCCCC. The number of aliphatic carboxylic acids is 1. The first kappa shape index (κ1) is 53.8. The molecule has 0 aromatic rings. The molecule has 0 aromatic carbocycles. The summed E-state index contributed by atoms with van der Waals surface area (Å²) < 4.78 is 17.3. The van der Waals surface area contributed by atoms with E-state index >= 15 is 0 Å². The Labute approximate surface area is 345 Å². The number of unbranched alkanes of at least 4 members (excludes halogenated alkanes) is 24. The van der Waals surface area contributed by atoms with Gasteiger partial charge in [-0.1, -0.05) is 154 Å². The largest absolute Gasteiger partial charge is 0.477 e. The Balaban J connectivity index is 4.30. The van der Waals surface area contributed by atoms with E-state index in [0.29, 0.717) is 19.3 Å².